The van der Waals surface area contributed by atoms with Crippen LogP contribution in [0.3, 0.4) is 0 Å². The van der Waals surface area contributed by atoms with Crippen LogP contribution < -0.4 is 11.1 Å². The first kappa shape index (κ1) is 17.9. The molecule has 0 radical (unpaired) electrons. The summed E-state index contributed by atoms with van der Waals surface area (Å²) in [7, 11) is -3.18. The Morgan fingerprint density at radius 3 is 2.67 bits per heavy atom. The lowest BCUT2D eigenvalue weighted by Crippen LogP contribution is -2.33. The summed E-state index contributed by atoms with van der Waals surface area (Å²) in [5.74, 6) is -0.239. The number of hydrogen-bond acceptors (Lipinski definition) is 4. The van der Waals surface area contributed by atoms with Crippen LogP contribution in [0.5, 0.6) is 0 Å². The molecule has 118 valence electrons. The molecule has 21 heavy (non-hydrogen) atoms. The molecule has 0 heterocycles. The van der Waals surface area contributed by atoms with E-state index in [1.165, 1.54) is 10.6 Å². The fourth-order valence-corrected chi connectivity index (χ4v) is 3.18. The molecule has 0 atom stereocenters. The number of sulfonamides is 1. The van der Waals surface area contributed by atoms with Gasteiger partial charge in [0, 0.05) is 29.8 Å². The van der Waals surface area contributed by atoms with Crippen molar-refractivity contribution in [2.24, 2.45) is 0 Å². The SMILES string of the molecule is CCN(CCCNC(=O)c1cc(N)ccc1Br)S(C)(=O)=O. The molecule has 1 aromatic carbocycles. The van der Waals surface area contributed by atoms with Crippen LogP contribution in [0.15, 0.2) is 22.7 Å². The van der Waals surface area contributed by atoms with Crippen molar-refractivity contribution in [3.05, 3.63) is 28.2 Å². The van der Waals surface area contributed by atoms with Gasteiger partial charge in [-0.05, 0) is 40.5 Å². The van der Waals surface area contributed by atoms with Crippen LogP contribution in [0.1, 0.15) is 23.7 Å². The summed E-state index contributed by atoms with van der Waals surface area (Å²) < 4.78 is 24.9. The Morgan fingerprint density at radius 1 is 1.43 bits per heavy atom. The van der Waals surface area contributed by atoms with Crippen LogP contribution in [0, 0.1) is 0 Å². The van der Waals surface area contributed by atoms with Crippen molar-refractivity contribution >= 4 is 37.5 Å². The predicted octanol–water partition coefficient (Wildman–Crippen LogP) is 1.43. The van der Waals surface area contributed by atoms with Gasteiger partial charge in [-0.15, -0.1) is 0 Å². The van der Waals surface area contributed by atoms with Crippen LogP contribution in [0.2, 0.25) is 0 Å². The third kappa shape index (κ3) is 5.64. The monoisotopic (exact) mass is 377 g/mol. The minimum atomic E-state index is -3.18. The molecule has 0 unspecified atom stereocenters. The van der Waals surface area contributed by atoms with Gasteiger partial charge in [-0.1, -0.05) is 6.92 Å². The first-order chi connectivity index (χ1) is 9.75. The van der Waals surface area contributed by atoms with Crippen LogP contribution in [-0.2, 0) is 10.0 Å². The molecule has 0 saturated carbocycles. The maximum atomic E-state index is 12.0. The summed E-state index contributed by atoms with van der Waals surface area (Å²) in [6, 6.07) is 5.01. The summed E-state index contributed by atoms with van der Waals surface area (Å²) in [6.45, 7) is 2.98. The molecule has 8 heteroatoms. The number of nitrogens with zero attached hydrogens (tertiary/aromatic N) is 1. The van der Waals surface area contributed by atoms with Gasteiger partial charge in [-0.2, -0.15) is 0 Å². The standard InChI is InChI=1S/C13H20BrN3O3S/c1-3-17(21(2,19)20)8-4-7-16-13(18)11-9-10(15)5-6-12(11)14/h5-6,9H,3-4,7-8,15H2,1-2H3,(H,16,18). The molecular weight excluding hydrogens is 358 g/mol. The first-order valence-electron chi connectivity index (χ1n) is 6.54. The third-order valence-electron chi connectivity index (χ3n) is 2.93. The quantitative estimate of drug-likeness (QED) is 0.555. The number of hydrogen-bond donors (Lipinski definition) is 2. The highest BCUT2D eigenvalue weighted by Crippen LogP contribution is 2.19. The Kier molecular flexibility index (Phi) is 6.63. The zero-order valence-electron chi connectivity index (χ0n) is 12.1. The van der Waals surface area contributed by atoms with E-state index in [2.05, 4.69) is 21.2 Å². The smallest absolute Gasteiger partial charge is 0.252 e. The van der Waals surface area contributed by atoms with E-state index in [1.807, 2.05) is 0 Å². The average molecular weight is 378 g/mol. The van der Waals surface area contributed by atoms with Crippen molar-refractivity contribution in [1.82, 2.24) is 9.62 Å². The van der Waals surface area contributed by atoms with Gasteiger partial charge < -0.3 is 11.1 Å². The van der Waals surface area contributed by atoms with E-state index in [9.17, 15) is 13.2 Å². The lowest BCUT2D eigenvalue weighted by Gasteiger charge is -2.17. The maximum Gasteiger partial charge on any atom is 0.252 e. The molecule has 0 spiro atoms. The predicted molar refractivity (Wildman–Crippen MR) is 87.6 cm³/mol. The van der Waals surface area contributed by atoms with Crippen LogP contribution in [0.25, 0.3) is 0 Å². The summed E-state index contributed by atoms with van der Waals surface area (Å²) in [6.07, 6.45) is 1.73. The van der Waals surface area contributed by atoms with Crippen molar-refractivity contribution in [3.8, 4) is 0 Å². The van der Waals surface area contributed by atoms with Gasteiger partial charge in [0.2, 0.25) is 10.0 Å². The summed E-state index contributed by atoms with van der Waals surface area (Å²) >= 11 is 3.30. The van der Waals surface area contributed by atoms with Gasteiger partial charge in [0.15, 0.2) is 0 Å². The normalized spacial score (nSPS) is 11.6. The molecule has 1 amide bonds. The maximum absolute atomic E-state index is 12.0. The lowest BCUT2D eigenvalue weighted by atomic mass is 10.2. The van der Waals surface area contributed by atoms with Gasteiger partial charge in [-0.3, -0.25) is 4.79 Å². The third-order valence-corrected chi connectivity index (χ3v) is 5.00. The highest BCUT2D eigenvalue weighted by Gasteiger charge is 2.14. The topological polar surface area (TPSA) is 92.5 Å². The van der Waals surface area contributed by atoms with Crippen molar-refractivity contribution in [3.63, 3.8) is 0 Å². The number of nitrogen functional groups attached to an aromatic ring is 1. The Labute approximate surface area is 133 Å². The number of carbonyl (C=O) groups excluding carboxylic acids is 1. The van der Waals surface area contributed by atoms with Gasteiger partial charge >= 0.3 is 0 Å². The van der Waals surface area contributed by atoms with E-state index in [0.29, 0.717) is 41.8 Å². The Morgan fingerprint density at radius 2 is 2.10 bits per heavy atom. The van der Waals surface area contributed by atoms with Gasteiger partial charge in [-0.25, -0.2) is 12.7 Å². The van der Waals surface area contributed by atoms with Crippen LogP contribution >= 0.6 is 15.9 Å². The van der Waals surface area contributed by atoms with E-state index >= 15 is 0 Å². The second-order valence-corrected chi connectivity index (χ2v) is 7.44. The molecule has 0 saturated heterocycles. The van der Waals surface area contributed by atoms with E-state index < -0.39 is 10.0 Å². The molecular formula is C13H20BrN3O3S. The summed E-state index contributed by atoms with van der Waals surface area (Å²) in [5.41, 5.74) is 6.63. The number of benzene rings is 1. The zero-order chi connectivity index (χ0) is 16.0. The Hall–Kier alpha value is -1.12. The van der Waals surface area contributed by atoms with Crippen LogP contribution in [-0.4, -0.2) is 44.5 Å². The highest BCUT2D eigenvalue weighted by atomic mass is 79.9. The van der Waals surface area contributed by atoms with E-state index in [4.69, 9.17) is 5.73 Å². The second-order valence-electron chi connectivity index (χ2n) is 4.60. The fraction of sp³-hybridized carbons (Fsp3) is 0.462. The van der Waals surface area contributed by atoms with Crippen molar-refractivity contribution < 1.29 is 13.2 Å². The number of nitrogens with two attached hydrogens (primary N) is 1. The number of nitrogens with one attached hydrogen (secondary N) is 1. The summed E-state index contributed by atoms with van der Waals surface area (Å²) in [5, 5.41) is 2.75. The molecule has 1 aromatic rings. The van der Waals surface area contributed by atoms with Crippen molar-refractivity contribution in [2.45, 2.75) is 13.3 Å². The fourth-order valence-electron chi connectivity index (χ4n) is 1.83. The van der Waals surface area contributed by atoms with Gasteiger partial charge in [0.05, 0.1) is 11.8 Å². The van der Waals surface area contributed by atoms with Crippen molar-refractivity contribution in [1.29, 1.82) is 0 Å². The van der Waals surface area contributed by atoms with Gasteiger partial charge in [0.25, 0.3) is 5.91 Å². The van der Waals surface area contributed by atoms with Gasteiger partial charge in [0.1, 0.15) is 0 Å². The second kappa shape index (κ2) is 7.77. The number of halogens is 1. The minimum absolute atomic E-state index is 0.239. The lowest BCUT2D eigenvalue weighted by molar-refractivity contribution is 0.0952. The Balaban J connectivity index is 2.49. The molecule has 0 aliphatic carbocycles. The molecule has 0 aliphatic rings. The number of rotatable bonds is 7. The molecule has 0 aliphatic heterocycles. The Bertz CT molecular complexity index is 605. The van der Waals surface area contributed by atoms with E-state index in [0.717, 1.165) is 0 Å². The number of anilines is 1. The zero-order valence-corrected chi connectivity index (χ0v) is 14.5. The molecule has 0 fully saturated rings. The number of carbonyl (C=O) groups is 1. The molecule has 3 N–H and O–H groups in total. The van der Waals surface area contributed by atoms with E-state index in [1.54, 1.807) is 25.1 Å². The van der Waals surface area contributed by atoms with Crippen LogP contribution in [0.4, 0.5) is 5.69 Å². The minimum Gasteiger partial charge on any atom is -0.399 e. The molecule has 0 aromatic heterocycles. The first-order valence-corrected chi connectivity index (χ1v) is 9.18. The largest absolute Gasteiger partial charge is 0.399 e. The molecule has 1 rings (SSSR count). The molecule has 6 nitrogen and oxygen atoms in total. The highest BCUT2D eigenvalue weighted by molar-refractivity contribution is 9.10. The summed E-state index contributed by atoms with van der Waals surface area (Å²) in [4.78, 5) is 12.0. The number of amides is 1. The van der Waals surface area contributed by atoms with Crippen molar-refractivity contribution in [2.75, 3.05) is 31.6 Å². The van der Waals surface area contributed by atoms with E-state index in [-0.39, 0.29) is 5.91 Å². The molecule has 0 bridgehead atoms. The average Bonchev–Trinajstić information content (AvgIpc) is 2.39.